The highest BCUT2D eigenvalue weighted by molar-refractivity contribution is 7.97. The molecule has 3 aromatic rings. The van der Waals surface area contributed by atoms with Gasteiger partial charge in [0.25, 0.3) is 0 Å². The number of hydrogen-bond donors (Lipinski definition) is 0. The van der Waals surface area contributed by atoms with Crippen molar-refractivity contribution in [3.63, 3.8) is 0 Å². The van der Waals surface area contributed by atoms with Gasteiger partial charge in [-0.25, -0.2) is 4.31 Å². The van der Waals surface area contributed by atoms with Crippen LogP contribution in [0.1, 0.15) is 59.1 Å². The molecule has 1 fully saturated rings. The summed E-state index contributed by atoms with van der Waals surface area (Å²) in [6.07, 6.45) is 1.35. The summed E-state index contributed by atoms with van der Waals surface area (Å²) in [5, 5.41) is 0. The van der Waals surface area contributed by atoms with E-state index in [2.05, 4.69) is 66.7 Å². The minimum atomic E-state index is -0.727. The molecular formula is C30H35NO5S2. The second kappa shape index (κ2) is 11.8. The van der Waals surface area contributed by atoms with Gasteiger partial charge in [0, 0.05) is 23.9 Å². The molecule has 3 heterocycles. The van der Waals surface area contributed by atoms with E-state index in [1.165, 1.54) is 18.2 Å². The van der Waals surface area contributed by atoms with Crippen molar-refractivity contribution in [1.82, 2.24) is 4.31 Å². The third-order valence-corrected chi connectivity index (χ3v) is 9.66. The molecule has 0 spiro atoms. The summed E-state index contributed by atoms with van der Waals surface area (Å²) in [5.41, 5.74) is 3.57. The molecule has 2 aromatic carbocycles. The summed E-state index contributed by atoms with van der Waals surface area (Å²) in [4.78, 5) is 15.7. The number of carbonyl (C=O) groups is 1. The van der Waals surface area contributed by atoms with Crippen LogP contribution in [0.5, 0.6) is 5.75 Å². The fourth-order valence-corrected chi connectivity index (χ4v) is 7.15. The maximum atomic E-state index is 12.5. The van der Waals surface area contributed by atoms with Gasteiger partial charge in [0.15, 0.2) is 0 Å². The minimum absolute atomic E-state index is 0.116. The SMILES string of the molecule is CC[C@@H]1CN(Cc2cc(C(CC(=O)OC)c3ccc(C4(C)OCCO4)s3)ccc2C)Sc2ccccc2O1. The number of carbonyl (C=O) groups excluding carboxylic acids is 1. The van der Waals surface area contributed by atoms with E-state index >= 15 is 0 Å². The molecule has 1 saturated heterocycles. The first-order chi connectivity index (χ1) is 18.4. The van der Waals surface area contributed by atoms with Crippen molar-refractivity contribution in [2.75, 3.05) is 26.9 Å². The number of benzene rings is 2. The maximum Gasteiger partial charge on any atom is 0.306 e. The molecular weight excluding hydrogens is 518 g/mol. The van der Waals surface area contributed by atoms with Crippen LogP contribution in [0.4, 0.5) is 0 Å². The van der Waals surface area contributed by atoms with Crippen molar-refractivity contribution >= 4 is 29.3 Å². The first-order valence-corrected chi connectivity index (χ1v) is 14.7. The van der Waals surface area contributed by atoms with Gasteiger partial charge in [-0.1, -0.05) is 37.3 Å². The molecule has 0 N–H and O–H groups in total. The summed E-state index contributed by atoms with van der Waals surface area (Å²) >= 11 is 3.39. The fourth-order valence-electron chi connectivity index (χ4n) is 4.89. The monoisotopic (exact) mass is 553 g/mol. The summed E-state index contributed by atoms with van der Waals surface area (Å²) in [6, 6.07) is 19.0. The summed E-state index contributed by atoms with van der Waals surface area (Å²) < 4.78 is 25.5. The molecule has 5 rings (SSSR count). The van der Waals surface area contributed by atoms with Gasteiger partial charge in [0.1, 0.15) is 11.9 Å². The van der Waals surface area contributed by atoms with E-state index in [9.17, 15) is 4.79 Å². The highest BCUT2D eigenvalue weighted by Crippen LogP contribution is 2.41. The van der Waals surface area contributed by atoms with Gasteiger partial charge in [-0.2, -0.15) is 0 Å². The van der Waals surface area contributed by atoms with Gasteiger partial charge >= 0.3 is 5.97 Å². The minimum Gasteiger partial charge on any atom is -0.488 e. The molecule has 2 aliphatic heterocycles. The summed E-state index contributed by atoms with van der Waals surface area (Å²) in [7, 11) is 1.45. The Kier molecular flexibility index (Phi) is 8.45. The molecule has 2 aliphatic rings. The molecule has 8 heteroatoms. The number of ether oxygens (including phenoxy) is 4. The number of nitrogens with zero attached hydrogens (tertiary/aromatic N) is 1. The Labute approximate surface area is 233 Å². The lowest BCUT2D eigenvalue weighted by atomic mass is 9.91. The van der Waals surface area contributed by atoms with Crippen molar-refractivity contribution in [2.24, 2.45) is 0 Å². The zero-order valence-electron chi connectivity index (χ0n) is 22.4. The zero-order valence-corrected chi connectivity index (χ0v) is 24.0. The van der Waals surface area contributed by atoms with Crippen molar-refractivity contribution in [3.8, 4) is 5.75 Å². The van der Waals surface area contributed by atoms with Crippen LogP contribution in [0, 0.1) is 6.92 Å². The molecule has 6 nitrogen and oxygen atoms in total. The fraction of sp³-hybridized carbons (Fsp3) is 0.433. The van der Waals surface area contributed by atoms with E-state index < -0.39 is 5.79 Å². The number of thiophene rings is 1. The lowest BCUT2D eigenvalue weighted by Crippen LogP contribution is -2.29. The van der Waals surface area contributed by atoms with Crippen LogP contribution in [0.2, 0.25) is 0 Å². The number of fused-ring (bicyclic) bond motifs is 1. The first kappa shape index (κ1) is 27.2. The van der Waals surface area contributed by atoms with Crippen LogP contribution in [0.25, 0.3) is 0 Å². The number of methoxy groups -OCH3 is 1. The smallest absolute Gasteiger partial charge is 0.306 e. The third-order valence-electron chi connectivity index (χ3n) is 7.21. The standard InChI is InChI=1S/C30H35NO5S2/c1-5-23-19-31(38-27-9-7-6-8-25(27)36-23)18-22-16-21(11-10-20(22)2)24(17-29(32)33-4)26-12-13-28(37-26)30(3)34-14-15-35-30/h6-13,16,23-24H,5,14-15,17-19H2,1-4H3/t23-,24?/m1/s1. The largest absolute Gasteiger partial charge is 0.488 e. The van der Waals surface area contributed by atoms with Crippen molar-refractivity contribution in [2.45, 2.75) is 62.9 Å². The predicted octanol–water partition coefficient (Wildman–Crippen LogP) is 6.65. The Hall–Kier alpha value is -2.36. The zero-order chi connectivity index (χ0) is 26.7. The van der Waals surface area contributed by atoms with E-state index in [-0.39, 0.29) is 24.4 Å². The Morgan fingerprint density at radius 2 is 1.95 bits per heavy atom. The second-order valence-electron chi connectivity index (χ2n) is 9.87. The van der Waals surface area contributed by atoms with Crippen LogP contribution in [0.15, 0.2) is 59.5 Å². The molecule has 0 radical (unpaired) electrons. The predicted molar refractivity (Wildman–Crippen MR) is 151 cm³/mol. The van der Waals surface area contributed by atoms with Crippen LogP contribution in [0.3, 0.4) is 0 Å². The molecule has 0 saturated carbocycles. The lowest BCUT2D eigenvalue weighted by Gasteiger charge is -2.24. The number of rotatable bonds is 8. The van der Waals surface area contributed by atoms with E-state index in [4.69, 9.17) is 18.9 Å². The van der Waals surface area contributed by atoms with Gasteiger partial charge in [-0.15, -0.1) is 11.3 Å². The van der Waals surface area contributed by atoms with Gasteiger partial charge in [0.2, 0.25) is 5.79 Å². The number of esters is 1. The lowest BCUT2D eigenvalue weighted by molar-refractivity contribution is -0.147. The number of aryl methyl sites for hydroxylation is 1. The number of hydrogen-bond acceptors (Lipinski definition) is 8. The van der Waals surface area contributed by atoms with E-state index in [0.29, 0.717) is 13.2 Å². The summed E-state index contributed by atoms with van der Waals surface area (Å²) in [5.74, 6) is -0.119. The normalized spacial score (nSPS) is 19.8. The van der Waals surface area contributed by atoms with Crippen molar-refractivity contribution in [1.29, 1.82) is 0 Å². The van der Waals surface area contributed by atoms with Crippen LogP contribution in [-0.2, 0) is 31.3 Å². The molecule has 1 aromatic heterocycles. The average molecular weight is 554 g/mol. The topological polar surface area (TPSA) is 57.2 Å². The summed E-state index contributed by atoms with van der Waals surface area (Å²) in [6.45, 7) is 9.05. The second-order valence-corrected chi connectivity index (χ2v) is 12.1. The van der Waals surface area contributed by atoms with E-state index in [0.717, 1.165) is 45.5 Å². The number of para-hydroxylation sites is 1. The first-order valence-electron chi connectivity index (χ1n) is 13.1. The van der Waals surface area contributed by atoms with E-state index in [1.54, 1.807) is 23.3 Å². The van der Waals surface area contributed by atoms with Crippen molar-refractivity contribution in [3.05, 3.63) is 81.0 Å². The molecule has 0 aliphatic carbocycles. The quantitative estimate of drug-likeness (QED) is 0.229. The molecule has 38 heavy (non-hydrogen) atoms. The molecule has 1 unspecified atom stereocenters. The highest BCUT2D eigenvalue weighted by atomic mass is 32.2. The van der Waals surface area contributed by atoms with Gasteiger partial charge in [-0.05, 0) is 73.2 Å². The molecule has 0 amide bonds. The maximum absolute atomic E-state index is 12.5. The Morgan fingerprint density at radius 1 is 1.16 bits per heavy atom. The highest BCUT2D eigenvalue weighted by Gasteiger charge is 2.35. The molecule has 2 atom stereocenters. The van der Waals surface area contributed by atoms with Crippen LogP contribution >= 0.6 is 23.3 Å². The van der Waals surface area contributed by atoms with Gasteiger partial charge < -0.3 is 18.9 Å². The van der Waals surface area contributed by atoms with Crippen molar-refractivity contribution < 1.29 is 23.7 Å². The Morgan fingerprint density at radius 3 is 2.71 bits per heavy atom. The van der Waals surface area contributed by atoms with Crippen LogP contribution < -0.4 is 4.74 Å². The molecule has 202 valence electrons. The molecule has 0 bridgehead atoms. The van der Waals surface area contributed by atoms with E-state index in [1.807, 2.05) is 13.0 Å². The average Bonchev–Trinajstić information content (AvgIpc) is 3.55. The Bertz CT molecular complexity index is 1270. The Balaban J connectivity index is 1.43. The van der Waals surface area contributed by atoms with Gasteiger partial charge in [-0.3, -0.25) is 4.79 Å². The van der Waals surface area contributed by atoms with Gasteiger partial charge in [0.05, 0.1) is 36.5 Å². The third kappa shape index (κ3) is 5.95. The van der Waals surface area contributed by atoms with Crippen LogP contribution in [-0.4, -0.2) is 43.2 Å².